The van der Waals surface area contributed by atoms with Gasteiger partial charge >= 0.3 is 0 Å². The van der Waals surface area contributed by atoms with E-state index in [4.69, 9.17) is 0 Å². The highest BCUT2D eigenvalue weighted by molar-refractivity contribution is 9.12. The van der Waals surface area contributed by atoms with Crippen LogP contribution in [0.2, 0.25) is 0 Å². The molecule has 0 aromatic rings. The molecule has 0 heterocycles. The Morgan fingerprint density at radius 1 is 1.33 bits per heavy atom. The van der Waals surface area contributed by atoms with E-state index in [0.29, 0.717) is 0 Å². The zero-order chi connectivity index (χ0) is 6.32. The van der Waals surface area contributed by atoms with Gasteiger partial charge < -0.3 is 0 Å². The van der Waals surface area contributed by atoms with E-state index in [0.717, 1.165) is 0 Å². The SMILES string of the molecule is BrC1=CC12C=C[CH+]C=C2. The zero-order valence-corrected chi connectivity index (χ0v) is 6.43. The van der Waals surface area contributed by atoms with Gasteiger partial charge in [-0.15, -0.1) is 0 Å². The molecule has 0 atom stereocenters. The lowest BCUT2D eigenvalue weighted by atomic mass is 9.99. The summed E-state index contributed by atoms with van der Waals surface area (Å²) < 4.78 is 1.29. The van der Waals surface area contributed by atoms with Crippen LogP contribution in [0.15, 0.2) is 34.9 Å². The van der Waals surface area contributed by atoms with Crippen molar-refractivity contribution >= 4 is 15.9 Å². The minimum absolute atomic E-state index is 0.203. The first-order chi connectivity index (χ1) is 4.33. The Morgan fingerprint density at radius 2 is 1.89 bits per heavy atom. The number of halogens is 1. The zero-order valence-electron chi connectivity index (χ0n) is 4.84. The standard InChI is InChI=1S/C8H6Br/c9-7-6-8(7)4-2-1-3-5-8/h1-6H/q+1. The lowest BCUT2D eigenvalue weighted by Gasteiger charge is -1.99. The fourth-order valence-corrected chi connectivity index (χ4v) is 1.62. The maximum Gasteiger partial charge on any atom is 0.144 e. The quantitative estimate of drug-likeness (QED) is 0.505. The lowest BCUT2D eigenvalue weighted by Crippen LogP contribution is -1.96. The van der Waals surface area contributed by atoms with Crippen molar-refractivity contribution < 1.29 is 0 Å². The summed E-state index contributed by atoms with van der Waals surface area (Å²) in [6.45, 7) is 0. The molecule has 1 spiro atoms. The summed E-state index contributed by atoms with van der Waals surface area (Å²) in [5, 5.41) is 0. The third-order valence-corrected chi connectivity index (χ3v) is 2.58. The fraction of sp³-hybridized carbons (Fsp3) is 0.125. The first kappa shape index (κ1) is 5.36. The van der Waals surface area contributed by atoms with E-state index in [1.165, 1.54) is 4.48 Å². The first-order valence-electron chi connectivity index (χ1n) is 2.93. The molecule has 0 nitrogen and oxygen atoms in total. The molecule has 2 aliphatic rings. The minimum atomic E-state index is 0.203. The van der Waals surface area contributed by atoms with Gasteiger partial charge in [0, 0.05) is 35.2 Å². The van der Waals surface area contributed by atoms with Crippen LogP contribution in [0, 0.1) is 11.8 Å². The van der Waals surface area contributed by atoms with Gasteiger partial charge in [-0.1, -0.05) is 15.9 Å². The minimum Gasteiger partial charge on any atom is -0.0515 e. The van der Waals surface area contributed by atoms with Gasteiger partial charge in [0.1, 0.15) is 5.41 Å². The highest BCUT2D eigenvalue weighted by Gasteiger charge is 2.44. The van der Waals surface area contributed by atoms with Crippen LogP contribution in [0.5, 0.6) is 0 Å². The van der Waals surface area contributed by atoms with Crippen molar-refractivity contribution in [2.75, 3.05) is 0 Å². The van der Waals surface area contributed by atoms with Crippen molar-refractivity contribution in [3.63, 3.8) is 0 Å². The van der Waals surface area contributed by atoms with Gasteiger partial charge in [-0.2, -0.15) is 0 Å². The molecule has 9 heavy (non-hydrogen) atoms. The summed E-state index contributed by atoms with van der Waals surface area (Å²) in [6, 6.07) is 0. The summed E-state index contributed by atoms with van der Waals surface area (Å²) in [7, 11) is 0. The fourth-order valence-electron chi connectivity index (χ4n) is 0.978. The first-order valence-corrected chi connectivity index (χ1v) is 3.72. The van der Waals surface area contributed by atoms with Crippen LogP contribution < -0.4 is 0 Å². The van der Waals surface area contributed by atoms with Crippen molar-refractivity contribution in [1.29, 1.82) is 0 Å². The van der Waals surface area contributed by atoms with E-state index < -0.39 is 0 Å². The van der Waals surface area contributed by atoms with Crippen molar-refractivity contribution in [2.24, 2.45) is 5.41 Å². The summed E-state index contributed by atoms with van der Waals surface area (Å²) in [5.41, 5.74) is 0.203. The van der Waals surface area contributed by atoms with Crippen LogP contribution in [0.25, 0.3) is 0 Å². The average molecular weight is 182 g/mol. The molecule has 2 aliphatic carbocycles. The number of allylic oxidation sites excluding steroid dienone is 6. The third-order valence-electron chi connectivity index (χ3n) is 1.66. The number of rotatable bonds is 0. The third kappa shape index (κ3) is 0.681. The number of hydrogen-bond donors (Lipinski definition) is 0. The average Bonchev–Trinajstić information content (AvgIpc) is 2.44. The van der Waals surface area contributed by atoms with E-state index in [1.807, 2.05) is 6.42 Å². The molecule has 0 radical (unpaired) electrons. The highest BCUT2D eigenvalue weighted by atomic mass is 79.9. The van der Waals surface area contributed by atoms with E-state index in [9.17, 15) is 0 Å². The highest BCUT2D eigenvalue weighted by Crippen LogP contribution is 2.51. The number of hydrogen-bond acceptors (Lipinski definition) is 0. The Kier molecular flexibility index (Phi) is 0.917. The summed E-state index contributed by atoms with van der Waals surface area (Å²) in [6.07, 6.45) is 12.7. The van der Waals surface area contributed by atoms with E-state index in [-0.39, 0.29) is 5.41 Å². The molecule has 2 rings (SSSR count). The van der Waals surface area contributed by atoms with Gasteiger partial charge in [0.2, 0.25) is 0 Å². The van der Waals surface area contributed by atoms with E-state index >= 15 is 0 Å². The van der Waals surface area contributed by atoms with Crippen molar-refractivity contribution in [3.8, 4) is 0 Å². The van der Waals surface area contributed by atoms with Crippen molar-refractivity contribution in [1.82, 2.24) is 0 Å². The normalized spacial score (nSPS) is 25.7. The molecule has 0 aromatic carbocycles. The molecule has 0 bridgehead atoms. The van der Waals surface area contributed by atoms with Gasteiger partial charge in [0.05, 0.1) is 0 Å². The smallest absolute Gasteiger partial charge is 0.0515 e. The second-order valence-electron chi connectivity index (χ2n) is 2.34. The molecule has 0 aliphatic heterocycles. The Labute approximate surface area is 63.1 Å². The predicted molar refractivity (Wildman–Crippen MR) is 42.0 cm³/mol. The monoisotopic (exact) mass is 181 g/mol. The molecular formula is C8H6Br+. The Balaban J connectivity index is 2.24. The lowest BCUT2D eigenvalue weighted by molar-refractivity contribution is 0.937. The van der Waals surface area contributed by atoms with Crippen molar-refractivity contribution in [2.45, 2.75) is 0 Å². The molecule has 0 saturated heterocycles. The summed E-state index contributed by atoms with van der Waals surface area (Å²) in [4.78, 5) is 0. The van der Waals surface area contributed by atoms with Gasteiger partial charge in [-0.3, -0.25) is 0 Å². The Bertz CT molecular complexity index is 209. The second kappa shape index (κ2) is 1.54. The van der Waals surface area contributed by atoms with E-state index in [2.05, 4.69) is 46.3 Å². The largest absolute Gasteiger partial charge is 0.144 e. The van der Waals surface area contributed by atoms with Crippen LogP contribution in [-0.2, 0) is 0 Å². The van der Waals surface area contributed by atoms with Gasteiger partial charge in [-0.05, 0) is 6.08 Å². The topological polar surface area (TPSA) is 0 Å². The molecule has 0 amide bonds. The van der Waals surface area contributed by atoms with Gasteiger partial charge in [0.25, 0.3) is 0 Å². The van der Waals surface area contributed by atoms with Gasteiger partial charge in [-0.25, -0.2) is 0 Å². The molecule has 0 saturated carbocycles. The molecule has 44 valence electrons. The van der Waals surface area contributed by atoms with Crippen LogP contribution in [0.4, 0.5) is 0 Å². The predicted octanol–water partition coefficient (Wildman–Crippen LogP) is 2.60. The van der Waals surface area contributed by atoms with Crippen LogP contribution in [-0.4, -0.2) is 0 Å². The maximum atomic E-state index is 3.45. The van der Waals surface area contributed by atoms with Crippen LogP contribution in [0.1, 0.15) is 0 Å². The molecule has 0 N–H and O–H groups in total. The molecule has 0 unspecified atom stereocenters. The summed E-state index contributed by atoms with van der Waals surface area (Å²) in [5.74, 6) is 0. The summed E-state index contributed by atoms with van der Waals surface area (Å²) >= 11 is 3.45. The molecule has 0 fully saturated rings. The van der Waals surface area contributed by atoms with Crippen molar-refractivity contribution in [3.05, 3.63) is 41.3 Å². The Morgan fingerprint density at radius 3 is 2.22 bits per heavy atom. The Hall–Kier alpha value is -0.430. The second-order valence-corrected chi connectivity index (χ2v) is 3.19. The van der Waals surface area contributed by atoms with Gasteiger partial charge in [0.15, 0.2) is 0 Å². The van der Waals surface area contributed by atoms with Crippen LogP contribution in [0.3, 0.4) is 0 Å². The van der Waals surface area contributed by atoms with Crippen LogP contribution >= 0.6 is 15.9 Å². The molecule has 0 aromatic heterocycles. The van der Waals surface area contributed by atoms with E-state index in [1.54, 1.807) is 0 Å². The molecule has 1 heteroatoms. The maximum absolute atomic E-state index is 3.45. The molecular weight excluding hydrogens is 176 g/mol.